The topological polar surface area (TPSA) is 89.7 Å². The van der Waals surface area contributed by atoms with Gasteiger partial charge in [-0.2, -0.15) is 5.10 Å². The highest BCUT2D eigenvalue weighted by Crippen LogP contribution is 2.15. The number of carbonyl (C=O) groups excluding carboxylic acids is 1. The summed E-state index contributed by atoms with van der Waals surface area (Å²) in [6.07, 6.45) is 5.82. The Kier molecular flexibility index (Phi) is 5.51. The smallest absolute Gasteiger partial charge is 0.315 e. The first kappa shape index (κ1) is 18.7. The van der Waals surface area contributed by atoms with E-state index in [1.807, 2.05) is 55.7 Å². The fourth-order valence-corrected chi connectivity index (χ4v) is 3.23. The number of nitrogens with zero attached hydrogens (tertiary/aromatic N) is 5. The third-order valence-corrected chi connectivity index (χ3v) is 4.81. The van der Waals surface area contributed by atoms with Crippen LogP contribution in [0.2, 0.25) is 0 Å². The monoisotopic (exact) mass is 389 g/mol. The molecule has 2 heterocycles. The van der Waals surface area contributed by atoms with Crippen molar-refractivity contribution in [2.75, 3.05) is 6.54 Å². The Morgan fingerprint density at radius 2 is 1.93 bits per heavy atom. The Morgan fingerprint density at radius 1 is 1.10 bits per heavy atom. The van der Waals surface area contributed by atoms with Gasteiger partial charge in [-0.05, 0) is 43.2 Å². The van der Waals surface area contributed by atoms with Gasteiger partial charge in [0, 0.05) is 13.1 Å². The standard InChI is InChI=1S/C21H23N7O/c1-16(17-7-9-18(10-8-17)28-14-22-13-25-28)26-21(29)23-11-4-12-27-15-24-19-5-2-3-6-20(19)27/h2-3,5-10,13-16H,4,11-12H2,1H3,(H2,23,26,29). The number of aromatic nitrogens is 5. The Balaban J connectivity index is 1.23. The van der Waals surface area contributed by atoms with Gasteiger partial charge in [-0.3, -0.25) is 0 Å². The van der Waals surface area contributed by atoms with Crippen molar-refractivity contribution >= 4 is 17.1 Å². The third kappa shape index (κ3) is 4.43. The molecule has 8 nitrogen and oxygen atoms in total. The van der Waals surface area contributed by atoms with Crippen LogP contribution >= 0.6 is 0 Å². The van der Waals surface area contributed by atoms with Crippen LogP contribution in [0.5, 0.6) is 0 Å². The molecule has 1 atom stereocenters. The normalized spacial score (nSPS) is 12.0. The van der Waals surface area contributed by atoms with Crippen molar-refractivity contribution < 1.29 is 4.79 Å². The fourth-order valence-electron chi connectivity index (χ4n) is 3.23. The maximum absolute atomic E-state index is 12.2. The molecule has 0 spiro atoms. The predicted octanol–water partition coefficient (Wildman–Crippen LogP) is 3.07. The van der Waals surface area contributed by atoms with E-state index in [0.717, 1.165) is 35.2 Å². The first-order valence-electron chi connectivity index (χ1n) is 9.60. The summed E-state index contributed by atoms with van der Waals surface area (Å²) in [5.74, 6) is 0. The van der Waals surface area contributed by atoms with Crippen LogP contribution in [-0.4, -0.2) is 36.9 Å². The molecule has 4 aromatic rings. The van der Waals surface area contributed by atoms with Crippen molar-refractivity contribution in [3.63, 3.8) is 0 Å². The van der Waals surface area contributed by atoms with Crippen LogP contribution in [0, 0.1) is 0 Å². The number of hydrogen-bond donors (Lipinski definition) is 2. The Hall–Kier alpha value is -3.68. The van der Waals surface area contributed by atoms with Crippen molar-refractivity contribution in [3.8, 4) is 5.69 Å². The van der Waals surface area contributed by atoms with Gasteiger partial charge in [-0.1, -0.05) is 24.3 Å². The van der Waals surface area contributed by atoms with E-state index in [-0.39, 0.29) is 12.1 Å². The average Bonchev–Trinajstić information content (AvgIpc) is 3.42. The molecule has 0 aliphatic rings. The lowest BCUT2D eigenvalue weighted by molar-refractivity contribution is 0.237. The van der Waals surface area contributed by atoms with Crippen LogP contribution in [-0.2, 0) is 6.54 Å². The second-order valence-corrected chi connectivity index (χ2v) is 6.83. The lowest BCUT2D eigenvalue weighted by Crippen LogP contribution is -2.37. The van der Waals surface area contributed by atoms with Gasteiger partial charge in [0.1, 0.15) is 12.7 Å². The number of carbonyl (C=O) groups is 1. The number of hydrogen-bond acceptors (Lipinski definition) is 4. The molecule has 8 heteroatoms. The Bertz CT molecular complexity index is 1070. The van der Waals surface area contributed by atoms with Gasteiger partial charge in [-0.25, -0.2) is 19.4 Å². The lowest BCUT2D eigenvalue weighted by Gasteiger charge is -2.15. The molecule has 2 aromatic carbocycles. The van der Waals surface area contributed by atoms with Gasteiger partial charge in [0.15, 0.2) is 0 Å². The molecular formula is C21H23N7O. The maximum Gasteiger partial charge on any atom is 0.315 e. The summed E-state index contributed by atoms with van der Waals surface area (Å²) in [4.78, 5) is 20.5. The van der Waals surface area contributed by atoms with Crippen LogP contribution in [0.15, 0.2) is 67.5 Å². The Labute approximate surface area is 168 Å². The van der Waals surface area contributed by atoms with Gasteiger partial charge in [-0.15, -0.1) is 0 Å². The molecule has 1 unspecified atom stereocenters. The summed E-state index contributed by atoms with van der Waals surface area (Å²) < 4.78 is 3.80. The molecule has 0 saturated heterocycles. The van der Waals surface area contributed by atoms with Crippen molar-refractivity contribution in [1.29, 1.82) is 0 Å². The summed E-state index contributed by atoms with van der Waals surface area (Å²) >= 11 is 0. The van der Waals surface area contributed by atoms with Crippen molar-refractivity contribution in [2.24, 2.45) is 0 Å². The van der Waals surface area contributed by atoms with Crippen molar-refractivity contribution in [2.45, 2.75) is 25.9 Å². The van der Waals surface area contributed by atoms with Gasteiger partial charge in [0.25, 0.3) is 0 Å². The maximum atomic E-state index is 12.2. The molecule has 2 aromatic heterocycles. The number of rotatable bonds is 7. The number of benzene rings is 2. The van der Waals surface area contributed by atoms with Crippen molar-refractivity contribution in [1.82, 2.24) is 34.9 Å². The molecular weight excluding hydrogens is 366 g/mol. The number of amides is 2. The molecule has 4 rings (SSSR count). The van der Waals surface area contributed by atoms with E-state index in [1.54, 1.807) is 11.0 Å². The zero-order chi connectivity index (χ0) is 20.1. The third-order valence-electron chi connectivity index (χ3n) is 4.81. The highest BCUT2D eigenvalue weighted by atomic mass is 16.2. The number of imidazole rings is 1. The van der Waals surface area contributed by atoms with Gasteiger partial charge in [0.05, 0.1) is 29.1 Å². The zero-order valence-corrected chi connectivity index (χ0v) is 16.2. The molecule has 2 N–H and O–H groups in total. The van der Waals surface area contributed by atoms with E-state index >= 15 is 0 Å². The fraction of sp³-hybridized carbons (Fsp3) is 0.238. The second-order valence-electron chi connectivity index (χ2n) is 6.83. The number of para-hydroxylation sites is 2. The summed E-state index contributed by atoms with van der Waals surface area (Å²) in [7, 11) is 0. The minimum Gasteiger partial charge on any atom is -0.338 e. The van der Waals surface area contributed by atoms with Crippen LogP contribution in [0.1, 0.15) is 24.9 Å². The van der Waals surface area contributed by atoms with E-state index < -0.39 is 0 Å². The molecule has 0 radical (unpaired) electrons. The van der Waals surface area contributed by atoms with Gasteiger partial charge in [0.2, 0.25) is 0 Å². The largest absolute Gasteiger partial charge is 0.338 e. The summed E-state index contributed by atoms with van der Waals surface area (Å²) in [5.41, 5.74) is 4.05. The second kappa shape index (κ2) is 8.55. The van der Waals surface area contributed by atoms with Crippen LogP contribution in [0.4, 0.5) is 4.79 Å². The minimum atomic E-state index is -0.173. The summed E-state index contributed by atoms with van der Waals surface area (Å²) in [5, 5.41) is 10.00. The van der Waals surface area contributed by atoms with Crippen LogP contribution in [0.3, 0.4) is 0 Å². The van der Waals surface area contributed by atoms with Gasteiger partial charge < -0.3 is 15.2 Å². The van der Waals surface area contributed by atoms with Crippen LogP contribution < -0.4 is 10.6 Å². The van der Waals surface area contributed by atoms with E-state index in [4.69, 9.17) is 0 Å². The molecule has 0 aliphatic heterocycles. The average molecular weight is 389 g/mol. The first-order chi connectivity index (χ1) is 14.2. The quantitative estimate of drug-likeness (QED) is 0.475. The highest BCUT2D eigenvalue weighted by Gasteiger charge is 2.09. The molecule has 29 heavy (non-hydrogen) atoms. The molecule has 0 bridgehead atoms. The van der Waals surface area contributed by atoms with Crippen molar-refractivity contribution in [3.05, 3.63) is 73.1 Å². The minimum absolute atomic E-state index is 0.0996. The first-order valence-corrected chi connectivity index (χ1v) is 9.60. The number of urea groups is 1. The number of aryl methyl sites for hydroxylation is 1. The number of nitrogens with one attached hydrogen (secondary N) is 2. The van der Waals surface area contributed by atoms with E-state index in [0.29, 0.717) is 6.54 Å². The predicted molar refractivity (Wildman–Crippen MR) is 111 cm³/mol. The zero-order valence-electron chi connectivity index (χ0n) is 16.2. The Morgan fingerprint density at radius 3 is 2.72 bits per heavy atom. The number of fused-ring (bicyclic) bond motifs is 1. The lowest BCUT2D eigenvalue weighted by atomic mass is 10.1. The van der Waals surface area contributed by atoms with Gasteiger partial charge >= 0.3 is 6.03 Å². The van der Waals surface area contributed by atoms with Crippen LogP contribution in [0.25, 0.3) is 16.7 Å². The molecule has 0 saturated carbocycles. The van der Waals surface area contributed by atoms with E-state index in [1.165, 1.54) is 6.33 Å². The summed E-state index contributed by atoms with van der Waals surface area (Å²) in [6, 6.07) is 15.6. The van der Waals surface area contributed by atoms with E-state index in [9.17, 15) is 4.79 Å². The highest BCUT2D eigenvalue weighted by molar-refractivity contribution is 5.75. The SMILES string of the molecule is CC(NC(=O)NCCCn1cnc2ccccc21)c1ccc(-n2cncn2)cc1. The molecule has 0 aliphatic carbocycles. The molecule has 148 valence electrons. The molecule has 0 fully saturated rings. The summed E-state index contributed by atoms with van der Waals surface area (Å²) in [6.45, 7) is 3.36. The molecule has 2 amide bonds. The van der Waals surface area contributed by atoms with E-state index in [2.05, 4.69) is 36.3 Å².